The second-order valence-corrected chi connectivity index (χ2v) is 3.44. The van der Waals surface area contributed by atoms with Gasteiger partial charge in [0.2, 0.25) is 11.7 Å². The Labute approximate surface area is 100 Å². The van der Waals surface area contributed by atoms with Crippen molar-refractivity contribution in [1.29, 1.82) is 0 Å². The minimum absolute atomic E-state index is 0.0999. The molecule has 0 atom stereocenters. The molecule has 1 aromatic heterocycles. The smallest absolute Gasteiger partial charge is 0.287 e. The molecule has 6 nitrogen and oxygen atoms in total. The fourth-order valence-electron chi connectivity index (χ4n) is 1.40. The van der Waals surface area contributed by atoms with Crippen molar-refractivity contribution < 1.29 is 18.4 Å². The maximum atomic E-state index is 13.0. The molecule has 0 saturated heterocycles. The first kappa shape index (κ1) is 11.8. The van der Waals surface area contributed by atoms with Gasteiger partial charge in [0.05, 0.1) is 0 Å². The summed E-state index contributed by atoms with van der Waals surface area (Å²) in [6.07, 6.45) is 0. The molecular formula is C11H8FN3O3. The van der Waals surface area contributed by atoms with Gasteiger partial charge in [-0.05, 0) is 18.2 Å². The predicted octanol–water partition coefficient (Wildman–Crippen LogP) is 0.679. The lowest BCUT2D eigenvalue weighted by molar-refractivity contribution is 0.0946. The Morgan fingerprint density at radius 3 is 2.44 bits per heavy atom. The molecular weight excluding hydrogens is 241 g/mol. The molecule has 1 aromatic carbocycles. The molecule has 0 fully saturated rings. The first-order valence-corrected chi connectivity index (χ1v) is 4.85. The van der Waals surface area contributed by atoms with Crippen molar-refractivity contribution in [1.82, 2.24) is 4.98 Å². The Bertz CT molecular complexity index is 605. The zero-order valence-electron chi connectivity index (χ0n) is 9.01. The minimum atomic E-state index is -0.973. The van der Waals surface area contributed by atoms with E-state index >= 15 is 0 Å². The molecule has 92 valence electrons. The molecule has 0 radical (unpaired) electrons. The number of halogens is 1. The Morgan fingerprint density at radius 1 is 1.22 bits per heavy atom. The maximum absolute atomic E-state index is 13.0. The number of amides is 2. The van der Waals surface area contributed by atoms with Gasteiger partial charge in [0.25, 0.3) is 11.8 Å². The minimum Gasteiger partial charge on any atom is -0.430 e. The van der Waals surface area contributed by atoms with Crippen molar-refractivity contribution in [3.63, 3.8) is 0 Å². The summed E-state index contributed by atoms with van der Waals surface area (Å²) in [6.45, 7) is 0. The highest BCUT2D eigenvalue weighted by atomic mass is 19.1. The van der Waals surface area contributed by atoms with Crippen molar-refractivity contribution in [2.75, 3.05) is 0 Å². The number of hydrogen-bond donors (Lipinski definition) is 2. The molecule has 18 heavy (non-hydrogen) atoms. The van der Waals surface area contributed by atoms with Crippen molar-refractivity contribution in [3.8, 4) is 11.5 Å². The van der Waals surface area contributed by atoms with Gasteiger partial charge in [-0.3, -0.25) is 9.59 Å². The largest absolute Gasteiger partial charge is 0.430 e. The van der Waals surface area contributed by atoms with Crippen LogP contribution in [0.15, 0.2) is 28.7 Å². The number of rotatable bonds is 3. The third kappa shape index (κ3) is 2.05. The second-order valence-electron chi connectivity index (χ2n) is 3.44. The van der Waals surface area contributed by atoms with E-state index in [2.05, 4.69) is 4.98 Å². The zero-order chi connectivity index (χ0) is 13.3. The van der Waals surface area contributed by atoms with Gasteiger partial charge in [0, 0.05) is 5.56 Å². The molecule has 2 rings (SSSR count). The molecule has 2 aromatic rings. The summed E-state index contributed by atoms with van der Waals surface area (Å²) < 4.78 is 18.1. The lowest BCUT2D eigenvalue weighted by atomic mass is 10.2. The van der Waals surface area contributed by atoms with Gasteiger partial charge < -0.3 is 15.9 Å². The highest BCUT2D eigenvalue weighted by Gasteiger charge is 2.22. The van der Waals surface area contributed by atoms with E-state index in [0.29, 0.717) is 0 Å². The highest BCUT2D eigenvalue weighted by Crippen LogP contribution is 2.22. The molecule has 7 heteroatoms. The number of hydrogen-bond acceptors (Lipinski definition) is 4. The van der Waals surface area contributed by atoms with Crippen molar-refractivity contribution in [3.05, 3.63) is 41.5 Å². The summed E-state index contributed by atoms with van der Waals surface area (Å²) in [4.78, 5) is 25.8. The Balaban J connectivity index is 2.57. The van der Waals surface area contributed by atoms with Gasteiger partial charge in [-0.25, -0.2) is 9.37 Å². The second kappa shape index (κ2) is 4.28. The van der Waals surface area contributed by atoms with Gasteiger partial charge >= 0.3 is 0 Å². The Morgan fingerprint density at radius 2 is 1.94 bits per heavy atom. The van der Waals surface area contributed by atoms with E-state index < -0.39 is 23.4 Å². The zero-order valence-corrected chi connectivity index (χ0v) is 9.01. The van der Waals surface area contributed by atoms with E-state index in [1.165, 1.54) is 18.2 Å². The number of benzene rings is 1. The van der Waals surface area contributed by atoms with E-state index in [1.807, 2.05) is 0 Å². The molecule has 0 bridgehead atoms. The fraction of sp³-hybridized carbons (Fsp3) is 0. The molecule has 0 unspecified atom stereocenters. The maximum Gasteiger partial charge on any atom is 0.287 e. The third-order valence-corrected chi connectivity index (χ3v) is 2.16. The Hall–Kier alpha value is -2.70. The lowest BCUT2D eigenvalue weighted by Gasteiger charge is -1.94. The van der Waals surface area contributed by atoms with Crippen molar-refractivity contribution >= 4 is 11.8 Å². The average molecular weight is 249 g/mol. The van der Waals surface area contributed by atoms with Crippen LogP contribution in [0.3, 0.4) is 0 Å². The van der Waals surface area contributed by atoms with Crippen molar-refractivity contribution in [2.24, 2.45) is 11.5 Å². The number of aromatic nitrogens is 1. The van der Waals surface area contributed by atoms with Crippen LogP contribution in [0.4, 0.5) is 4.39 Å². The van der Waals surface area contributed by atoms with Crippen LogP contribution in [0.25, 0.3) is 11.5 Å². The number of nitrogens with zero attached hydrogens (tertiary/aromatic N) is 1. The average Bonchev–Trinajstić information content (AvgIpc) is 2.73. The van der Waals surface area contributed by atoms with Crippen LogP contribution in [0, 0.1) is 5.82 Å². The number of nitrogens with two attached hydrogens (primary N) is 2. The van der Waals surface area contributed by atoms with Crippen LogP contribution in [-0.4, -0.2) is 16.8 Å². The van der Waals surface area contributed by atoms with E-state index in [4.69, 9.17) is 15.9 Å². The number of carbonyl (C=O) groups is 2. The van der Waals surface area contributed by atoms with E-state index in [0.717, 1.165) is 6.07 Å². The molecule has 0 aliphatic heterocycles. The quantitative estimate of drug-likeness (QED) is 0.832. The number of carbonyl (C=O) groups excluding carboxylic acids is 2. The first-order valence-electron chi connectivity index (χ1n) is 4.85. The Kier molecular flexibility index (Phi) is 2.80. The van der Waals surface area contributed by atoms with Gasteiger partial charge in [-0.1, -0.05) is 6.07 Å². The summed E-state index contributed by atoms with van der Waals surface area (Å²) in [5.74, 6) is -2.97. The molecule has 0 spiro atoms. The van der Waals surface area contributed by atoms with Gasteiger partial charge in [-0.15, -0.1) is 0 Å². The van der Waals surface area contributed by atoms with Crippen LogP contribution in [-0.2, 0) is 0 Å². The summed E-state index contributed by atoms with van der Waals surface area (Å²) in [6, 6.07) is 5.31. The van der Waals surface area contributed by atoms with Gasteiger partial charge in [0.15, 0.2) is 5.69 Å². The highest BCUT2D eigenvalue weighted by molar-refractivity contribution is 6.03. The summed E-state index contributed by atoms with van der Waals surface area (Å²) in [5.41, 5.74) is 9.94. The van der Waals surface area contributed by atoms with E-state index in [9.17, 15) is 14.0 Å². The van der Waals surface area contributed by atoms with Gasteiger partial charge in [0.1, 0.15) is 5.82 Å². The molecule has 0 saturated carbocycles. The van der Waals surface area contributed by atoms with Crippen LogP contribution in [0.1, 0.15) is 21.0 Å². The van der Waals surface area contributed by atoms with E-state index in [1.54, 1.807) is 0 Å². The van der Waals surface area contributed by atoms with Crippen molar-refractivity contribution in [2.45, 2.75) is 0 Å². The summed E-state index contributed by atoms with van der Waals surface area (Å²) >= 11 is 0. The molecule has 4 N–H and O–H groups in total. The van der Waals surface area contributed by atoms with Gasteiger partial charge in [-0.2, -0.15) is 0 Å². The molecule has 0 aliphatic rings. The monoisotopic (exact) mass is 249 g/mol. The topological polar surface area (TPSA) is 112 Å². The van der Waals surface area contributed by atoms with E-state index in [-0.39, 0.29) is 17.1 Å². The number of primary amides is 2. The SMILES string of the molecule is NC(=O)c1nc(-c2cccc(F)c2)oc1C(N)=O. The summed E-state index contributed by atoms with van der Waals surface area (Å²) in [5, 5.41) is 0. The number of oxazole rings is 1. The van der Waals surface area contributed by atoms with Crippen LogP contribution in [0.2, 0.25) is 0 Å². The van der Waals surface area contributed by atoms with Crippen LogP contribution in [0.5, 0.6) is 0 Å². The normalized spacial score (nSPS) is 10.3. The predicted molar refractivity (Wildman–Crippen MR) is 58.9 cm³/mol. The molecule has 1 heterocycles. The molecule has 0 aliphatic carbocycles. The standard InChI is InChI=1S/C11H8FN3O3/c12-6-3-1-2-5(4-6)11-15-7(9(13)16)8(18-11)10(14)17/h1-4H,(H2,13,16)(H2,14,17). The summed E-state index contributed by atoms with van der Waals surface area (Å²) in [7, 11) is 0. The fourth-order valence-corrected chi connectivity index (χ4v) is 1.40. The van der Waals surface area contributed by atoms with Crippen LogP contribution < -0.4 is 11.5 Å². The molecule has 2 amide bonds. The van der Waals surface area contributed by atoms with Crippen LogP contribution >= 0.6 is 0 Å². The first-order chi connectivity index (χ1) is 8.49. The third-order valence-electron chi connectivity index (χ3n) is 2.16. The lowest BCUT2D eigenvalue weighted by Crippen LogP contribution is -2.19.